The van der Waals surface area contributed by atoms with Gasteiger partial charge in [0.2, 0.25) is 0 Å². The van der Waals surface area contributed by atoms with Crippen LogP contribution in [-0.4, -0.2) is 59.9 Å². The highest BCUT2D eigenvalue weighted by atomic mass is 16.6. The molecule has 7 heteroatoms. The number of nitro benzene ring substituents is 1. The van der Waals surface area contributed by atoms with Crippen molar-refractivity contribution in [3.63, 3.8) is 0 Å². The molecule has 0 bridgehead atoms. The van der Waals surface area contributed by atoms with Crippen molar-refractivity contribution in [3.05, 3.63) is 39.9 Å². The van der Waals surface area contributed by atoms with Crippen molar-refractivity contribution in [1.82, 2.24) is 9.80 Å². The van der Waals surface area contributed by atoms with Crippen LogP contribution in [0.1, 0.15) is 10.4 Å². The molecule has 1 heterocycles. The van der Waals surface area contributed by atoms with Crippen LogP contribution in [0.15, 0.2) is 24.3 Å². The van der Waals surface area contributed by atoms with Gasteiger partial charge in [-0.15, -0.1) is 0 Å². The second kappa shape index (κ2) is 6.44. The fourth-order valence-electron chi connectivity index (χ4n) is 2.29. The van der Waals surface area contributed by atoms with Crippen LogP contribution in [-0.2, 0) is 0 Å². The number of rotatable bonds is 4. The number of benzene rings is 1. The molecule has 20 heavy (non-hydrogen) atoms. The van der Waals surface area contributed by atoms with Crippen LogP contribution in [0.3, 0.4) is 0 Å². The molecule has 1 aromatic rings. The zero-order chi connectivity index (χ0) is 14.5. The van der Waals surface area contributed by atoms with Crippen molar-refractivity contribution >= 4 is 11.6 Å². The molecule has 0 unspecified atom stereocenters. The SMILES string of the molecule is NCCN1CCN(C(=O)c2cccc([N+](=O)[O-])c2)CC1. The monoisotopic (exact) mass is 278 g/mol. The van der Waals surface area contributed by atoms with Crippen LogP contribution >= 0.6 is 0 Å². The predicted octanol–water partition coefficient (Wildman–Crippen LogP) is 0.311. The van der Waals surface area contributed by atoms with E-state index in [1.807, 2.05) is 0 Å². The number of non-ortho nitro benzene ring substituents is 1. The maximum Gasteiger partial charge on any atom is 0.270 e. The highest BCUT2D eigenvalue weighted by Crippen LogP contribution is 2.15. The Morgan fingerprint density at radius 1 is 1.30 bits per heavy atom. The lowest BCUT2D eigenvalue weighted by molar-refractivity contribution is -0.384. The zero-order valence-corrected chi connectivity index (χ0v) is 11.2. The van der Waals surface area contributed by atoms with Crippen molar-refractivity contribution in [2.45, 2.75) is 0 Å². The Balaban J connectivity index is 2.02. The number of hydrogen-bond donors (Lipinski definition) is 1. The van der Waals surface area contributed by atoms with Crippen molar-refractivity contribution < 1.29 is 9.72 Å². The van der Waals surface area contributed by atoms with E-state index >= 15 is 0 Å². The number of amides is 1. The summed E-state index contributed by atoms with van der Waals surface area (Å²) in [5.74, 6) is -0.152. The fourth-order valence-corrected chi connectivity index (χ4v) is 2.29. The fraction of sp³-hybridized carbons (Fsp3) is 0.462. The number of piperazine rings is 1. The molecule has 1 aliphatic rings. The molecule has 1 aliphatic heterocycles. The Kier molecular flexibility index (Phi) is 4.65. The minimum Gasteiger partial charge on any atom is -0.336 e. The molecule has 0 aromatic heterocycles. The first-order valence-electron chi connectivity index (χ1n) is 6.58. The first kappa shape index (κ1) is 14.4. The van der Waals surface area contributed by atoms with Gasteiger partial charge in [-0.25, -0.2) is 0 Å². The Bertz CT molecular complexity index is 498. The van der Waals surface area contributed by atoms with Crippen molar-refractivity contribution in [2.75, 3.05) is 39.3 Å². The van der Waals surface area contributed by atoms with Gasteiger partial charge in [-0.3, -0.25) is 19.8 Å². The second-order valence-electron chi connectivity index (χ2n) is 4.73. The molecule has 1 aromatic carbocycles. The summed E-state index contributed by atoms with van der Waals surface area (Å²) in [5.41, 5.74) is 5.81. The van der Waals surface area contributed by atoms with Crippen molar-refractivity contribution in [2.24, 2.45) is 5.73 Å². The average Bonchev–Trinajstić information content (AvgIpc) is 2.48. The topological polar surface area (TPSA) is 92.7 Å². The third kappa shape index (κ3) is 3.31. The van der Waals surface area contributed by atoms with Gasteiger partial charge in [-0.2, -0.15) is 0 Å². The summed E-state index contributed by atoms with van der Waals surface area (Å²) in [6.45, 7) is 4.27. The molecule has 1 amide bonds. The molecule has 1 saturated heterocycles. The van der Waals surface area contributed by atoms with Gasteiger partial charge in [-0.05, 0) is 6.07 Å². The molecule has 2 rings (SSSR count). The summed E-state index contributed by atoms with van der Waals surface area (Å²) < 4.78 is 0. The van der Waals surface area contributed by atoms with Gasteiger partial charge in [-0.1, -0.05) is 6.07 Å². The number of carbonyl (C=O) groups is 1. The van der Waals surface area contributed by atoms with Crippen LogP contribution in [0.2, 0.25) is 0 Å². The normalized spacial score (nSPS) is 16.1. The number of hydrogen-bond acceptors (Lipinski definition) is 5. The number of nitrogens with two attached hydrogens (primary N) is 1. The van der Waals surface area contributed by atoms with Gasteiger partial charge in [0.05, 0.1) is 4.92 Å². The Morgan fingerprint density at radius 3 is 2.60 bits per heavy atom. The van der Waals surface area contributed by atoms with Gasteiger partial charge in [0.1, 0.15) is 0 Å². The van der Waals surface area contributed by atoms with Crippen LogP contribution < -0.4 is 5.73 Å². The van der Waals surface area contributed by atoms with Gasteiger partial charge in [0.15, 0.2) is 0 Å². The minimum atomic E-state index is -0.490. The standard InChI is InChI=1S/C13H18N4O3/c14-4-5-15-6-8-16(9-7-15)13(18)11-2-1-3-12(10-11)17(19)20/h1-3,10H,4-9,14H2. The number of carbonyl (C=O) groups excluding carboxylic acids is 1. The molecular formula is C13H18N4O3. The molecular weight excluding hydrogens is 260 g/mol. The van der Waals surface area contributed by atoms with Crippen LogP contribution in [0.4, 0.5) is 5.69 Å². The smallest absolute Gasteiger partial charge is 0.270 e. The van der Waals surface area contributed by atoms with E-state index in [1.165, 1.54) is 18.2 Å². The number of nitrogens with zero attached hydrogens (tertiary/aromatic N) is 3. The molecule has 0 aliphatic carbocycles. The van der Waals surface area contributed by atoms with Crippen molar-refractivity contribution in [3.8, 4) is 0 Å². The number of nitro groups is 1. The summed E-state index contributed by atoms with van der Waals surface area (Å²) in [6, 6.07) is 5.86. The predicted molar refractivity (Wildman–Crippen MR) is 74.5 cm³/mol. The van der Waals surface area contributed by atoms with E-state index in [2.05, 4.69) is 4.90 Å². The van der Waals surface area contributed by atoms with E-state index in [0.717, 1.165) is 19.6 Å². The molecule has 0 atom stereocenters. The minimum absolute atomic E-state index is 0.0578. The molecule has 1 fully saturated rings. The van der Waals surface area contributed by atoms with E-state index in [0.29, 0.717) is 25.2 Å². The first-order chi connectivity index (χ1) is 9.61. The first-order valence-corrected chi connectivity index (χ1v) is 6.58. The summed E-state index contributed by atoms with van der Waals surface area (Å²) in [7, 11) is 0. The van der Waals surface area contributed by atoms with E-state index in [9.17, 15) is 14.9 Å². The van der Waals surface area contributed by atoms with E-state index in [4.69, 9.17) is 5.73 Å². The summed E-state index contributed by atoms with van der Waals surface area (Å²) >= 11 is 0. The van der Waals surface area contributed by atoms with Crippen LogP contribution in [0, 0.1) is 10.1 Å². The lowest BCUT2D eigenvalue weighted by Crippen LogP contribution is -2.49. The van der Waals surface area contributed by atoms with E-state index < -0.39 is 4.92 Å². The quantitative estimate of drug-likeness (QED) is 0.632. The Hall–Kier alpha value is -1.99. The lowest BCUT2D eigenvalue weighted by atomic mass is 10.1. The Morgan fingerprint density at radius 2 is 2.00 bits per heavy atom. The van der Waals surface area contributed by atoms with E-state index in [-0.39, 0.29) is 11.6 Å². The molecule has 0 saturated carbocycles. The van der Waals surface area contributed by atoms with Gasteiger partial charge >= 0.3 is 0 Å². The third-order valence-electron chi connectivity index (χ3n) is 3.41. The third-order valence-corrected chi connectivity index (χ3v) is 3.41. The lowest BCUT2D eigenvalue weighted by Gasteiger charge is -2.34. The Labute approximate surface area is 117 Å². The highest BCUT2D eigenvalue weighted by Gasteiger charge is 2.22. The van der Waals surface area contributed by atoms with Crippen LogP contribution in [0.5, 0.6) is 0 Å². The van der Waals surface area contributed by atoms with E-state index in [1.54, 1.807) is 11.0 Å². The largest absolute Gasteiger partial charge is 0.336 e. The van der Waals surface area contributed by atoms with Gasteiger partial charge in [0, 0.05) is 57.0 Å². The summed E-state index contributed by atoms with van der Waals surface area (Å²) in [4.78, 5) is 26.5. The molecule has 0 spiro atoms. The molecule has 7 nitrogen and oxygen atoms in total. The molecule has 0 radical (unpaired) electrons. The maximum atomic E-state index is 12.3. The molecule has 2 N–H and O–H groups in total. The summed E-state index contributed by atoms with van der Waals surface area (Å²) in [6.07, 6.45) is 0. The van der Waals surface area contributed by atoms with Crippen LogP contribution in [0.25, 0.3) is 0 Å². The molecule has 108 valence electrons. The van der Waals surface area contributed by atoms with Gasteiger partial charge < -0.3 is 10.6 Å². The maximum absolute atomic E-state index is 12.3. The average molecular weight is 278 g/mol. The summed E-state index contributed by atoms with van der Waals surface area (Å²) in [5, 5.41) is 10.7. The second-order valence-corrected chi connectivity index (χ2v) is 4.73. The van der Waals surface area contributed by atoms with Crippen molar-refractivity contribution in [1.29, 1.82) is 0 Å². The zero-order valence-electron chi connectivity index (χ0n) is 11.2. The van der Waals surface area contributed by atoms with Gasteiger partial charge in [0.25, 0.3) is 11.6 Å². The highest BCUT2D eigenvalue weighted by molar-refractivity contribution is 5.94.